The smallest absolute Gasteiger partial charge is 0.431 e. The van der Waals surface area contributed by atoms with Crippen molar-refractivity contribution in [3.05, 3.63) is 46.2 Å². The van der Waals surface area contributed by atoms with Crippen molar-refractivity contribution >= 4 is 29.8 Å². The molecule has 3 aliphatic heterocycles. The van der Waals surface area contributed by atoms with E-state index < -0.39 is 30.4 Å². The fourth-order valence-electron chi connectivity index (χ4n) is 6.14. The van der Waals surface area contributed by atoms with Crippen LogP contribution in [0.5, 0.6) is 0 Å². The number of fused-ring (bicyclic) bond motifs is 1. The zero-order valence-corrected chi connectivity index (χ0v) is 23.9. The molecular weight excluding hydrogens is 539 g/mol. The van der Waals surface area contributed by atoms with Crippen LogP contribution in [0.3, 0.4) is 0 Å². The number of esters is 1. The topological polar surface area (TPSA) is 106 Å². The Morgan fingerprint density at radius 3 is 2.42 bits per heavy atom. The van der Waals surface area contributed by atoms with Crippen LogP contribution in [0.1, 0.15) is 58.4 Å². The summed E-state index contributed by atoms with van der Waals surface area (Å²) in [6.07, 6.45) is 1.60. The van der Waals surface area contributed by atoms with E-state index in [4.69, 9.17) is 14.2 Å². The van der Waals surface area contributed by atoms with Gasteiger partial charge in [0.15, 0.2) is 0 Å². The van der Waals surface area contributed by atoms with Crippen LogP contribution in [0.4, 0.5) is 9.18 Å². The van der Waals surface area contributed by atoms with Gasteiger partial charge in [0.05, 0.1) is 18.1 Å². The van der Waals surface area contributed by atoms with Crippen LogP contribution in [0.15, 0.2) is 34.9 Å². The van der Waals surface area contributed by atoms with Gasteiger partial charge in [-0.25, -0.2) is 14.0 Å². The number of benzene rings is 1. The summed E-state index contributed by atoms with van der Waals surface area (Å²) >= 11 is 1.55. The van der Waals surface area contributed by atoms with Crippen LogP contribution in [-0.4, -0.2) is 75.8 Å². The molecule has 1 N–H and O–H groups in total. The Morgan fingerprint density at radius 2 is 1.77 bits per heavy atom. The Hall–Kier alpha value is -2.63. The molecule has 1 aliphatic carbocycles. The minimum atomic E-state index is -1.20. The number of aliphatic hydroxyl groups excluding tert-OH is 1. The molecule has 0 aromatic heterocycles. The van der Waals surface area contributed by atoms with E-state index in [1.807, 2.05) is 6.92 Å². The van der Waals surface area contributed by atoms with Gasteiger partial charge in [-0.3, -0.25) is 9.69 Å². The maximum atomic E-state index is 13.4. The van der Waals surface area contributed by atoms with Crippen LogP contribution in [0, 0.1) is 17.7 Å². The number of nitrogens with zero attached hydrogens (tertiary/aromatic N) is 2. The number of carbonyl (C=O) groups is 3. The molecule has 218 valence electrons. The molecule has 9 nitrogen and oxygen atoms in total. The molecule has 40 heavy (non-hydrogen) atoms. The molecule has 11 heteroatoms. The standard InChI is InChI=1S/C29H37FN2O7S/c1-16-24-23(17(2)33)27(34)32(24)25(28(35)37-18(3)38-29(36)39-21-7-5-4-6-8-21)26(16)40-22-14-31(15-22)13-19-9-11-20(30)12-10-19/h9-12,16-18,21-24,33H,4-8,13-15H2,1-3H3/t16?,17?,18?,23?,24-/m1/s1. The van der Waals surface area contributed by atoms with Crippen molar-refractivity contribution in [1.29, 1.82) is 0 Å². The van der Waals surface area contributed by atoms with Crippen LogP contribution in [0.25, 0.3) is 0 Å². The molecule has 4 aliphatic rings. The molecule has 5 rings (SSSR count). The van der Waals surface area contributed by atoms with Crippen LogP contribution < -0.4 is 0 Å². The molecule has 0 bridgehead atoms. The summed E-state index contributed by atoms with van der Waals surface area (Å²) in [5, 5.41) is 10.4. The lowest BCUT2D eigenvalue weighted by atomic mass is 9.79. The average Bonchev–Trinajstić information content (AvgIpc) is 3.12. The van der Waals surface area contributed by atoms with Crippen molar-refractivity contribution in [3.8, 4) is 0 Å². The van der Waals surface area contributed by atoms with E-state index in [-0.39, 0.29) is 40.7 Å². The number of hydrogen-bond donors (Lipinski definition) is 1. The Morgan fingerprint density at radius 1 is 1.10 bits per heavy atom. The number of β-lactam (4-membered cyclic amide) rings is 1. The average molecular weight is 577 g/mol. The summed E-state index contributed by atoms with van der Waals surface area (Å²) in [6.45, 7) is 7.22. The molecule has 3 fully saturated rings. The van der Waals surface area contributed by atoms with Crippen molar-refractivity contribution in [2.75, 3.05) is 13.1 Å². The third kappa shape index (κ3) is 6.01. The van der Waals surface area contributed by atoms with E-state index in [2.05, 4.69) is 4.90 Å². The lowest BCUT2D eigenvalue weighted by Gasteiger charge is -2.46. The molecule has 2 saturated heterocycles. The Labute approximate surface area is 238 Å². The maximum absolute atomic E-state index is 13.4. The van der Waals surface area contributed by atoms with Gasteiger partial charge < -0.3 is 24.2 Å². The van der Waals surface area contributed by atoms with Gasteiger partial charge in [-0.05, 0) is 50.3 Å². The monoisotopic (exact) mass is 576 g/mol. The van der Waals surface area contributed by atoms with E-state index in [0.29, 0.717) is 6.54 Å². The van der Waals surface area contributed by atoms with Crippen molar-refractivity contribution < 1.29 is 38.1 Å². The molecule has 1 aromatic rings. The van der Waals surface area contributed by atoms with Gasteiger partial charge in [-0.1, -0.05) is 25.5 Å². The molecule has 1 amide bonds. The molecule has 5 atom stereocenters. The largest absolute Gasteiger partial charge is 0.511 e. The summed E-state index contributed by atoms with van der Waals surface area (Å²) in [6, 6.07) is 6.11. The molecule has 3 heterocycles. The Kier molecular flexibility index (Phi) is 8.72. The highest BCUT2D eigenvalue weighted by molar-refractivity contribution is 8.03. The lowest BCUT2D eigenvalue weighted by molar-refractivity contribution is -0.174. The molecule has 1 aromatic carbocycles. The normalized spacial score (nSPS) is 27.0. The van der Waals surface area contributed by atoms with E-state index in [9.17, 15) is 23.9 Å². The van der Waals surface area contributed by atoms with Gasteiger partial charge in [0.25, 0.3) is 0 Å². The fourth-order valence-corrected chi connectivity index (χ4v) is 7.71. The van der Waals surface area contributed by atoms with Crippen LogP contribution >= 0.6 is 11.8 Å². The summed E-state index contributed by atoms with van der Waals surface area (Å²) in [5.41, 5.74) is 1.19. The second kappa shape index (κ2) is 12.1. The van der Waals surface area contributed by atoms with E-state index in [1.54, 1.807) is 30.8 Å². The minimum absolute atomic E-state index is 0.163. The number of carbonyl (C=O) groups excluding carboxylic acids is 3. The predicted molar refractivity (Wildman–Crippen MR) is 145 cm³/mol. The second-order valence-electron chi connectivity index (χ2n) is 11.2. The molecule has 4 unspecified atom stereocenters. The number of thioether (sulfide) groups is 1. The molecule has 0 radical (unpaired) electrons. The van der Waals surface area contributed by atoms with Gasteiger partial charge >= 0.3 is 12.1 Å². The number of ether oxygens (including phenoxy) is 3. The van der Waals surface area contributed by atoms with Crippen molar-refractivity contribution in [1.82, 2.24) is 9.80 Å². The Balaban J connectivity index is 1.23. The molecule has 0 spiro atoms. The van der Waals surface area contributed by atoms with Gasteiger partial charge in [0, 0.05) is 42.6 Å². The molecular formula is C29H37FN2O7S. The van der Waals surface area contributed by atoms with Crippen LogP contribution in [-0.2, 0) is 30.3 Å². The molecule has 1 saturated carbocycles. The first-order chi connectivity index (χ1) is 19.1. The number of likely N-dealkylation sites (tertiary alicyclic amines) is 1. The quantitative estimate of drug-likeness (QED) is 0.263. The number of rotatable bonds is 9. The highest BCUT2D eigenvalue weighted by Gasteiger charge is 2.60. The van der Waals surface area contributed by atoms with E-state index >= 15 is 0 Å². The summed E-state index contributed by atoms with van der Waals surface area (Å²) in [4.78, 5) is 43.0. The first kappa shape index (κ1) is 28.9. The Bertz CT molecular complexity index is 1150. The predicted octanol–water partition coefficient (Wildman–Crippen LogP) is 4.19. The van der Waals surface area contributed by atoms with E-state index in [0.717, 1.165) is 55.7 Å². The third-order valence-electron chi connectivity index (χ3n) is 8.19. The van der Waals surface area contributed by atoms with Crippen molar-refractivity contribution in [2.45, 2.75) is 89.2 Å². The number of halogens is 1. The first-order valence-corrected chi connectivity index (χ1v) is 15.0. The number of amides is 1. The zero-order chi connectivity index (χ0) is 28.6. The minimum Gasteiger partial charge on any atom is -0.431 e. The summed E-state index contributed by atoms with van der Waals surface area (Å²) < 4.78 is 29.3. The second-order valence-corrected chi connectivity index (χ2v) is 12.6. The maximum Gasteiger partial charge on any atom is 0.511 e. The van der Waals surface area contributed by atoms with Crippen molar-refractivity contribution in [3.63, 3.8) is 0 Å². The SMILES string of the molecule is CC(OC(=O)OC1CCCCC1)OC(=O)C1=C(SC2CN(Cc3ccc(F)cc3)C2)C(C)[C@@H]2C(C(C)O)C(=O)N12. The highest BCUT2D eigenvalue weighted by Crippen LogP contribution is 2.52. The highest BCUT2D eigenvalue weighted by atomic mass is 32.2. The first-order valence-electron chi connectivity index (χ1n) is 14.1. The number of aliphatic hydroxyl groups is 1. The van der Waals surface area contributed by atoms with Gasteiger partial charge in [-0.2, -0.15) is 0 Å². The van der Waals surface area contributed by atoms with Gasteiger partial charge in [-0.15, -0.1) is 11.8 Å². The fraction of sp³-hybridized carbons (Fsp3) is 0.621. The zero-order valence-electron chi connectivity index (χ0n) is 23.1. The number of hydrogen-bond acceptors (Lipinski definition) is 9. The lowest BCUT2D eigenvalue weighted by Crippen LogP contribution is -2.63. The summed E-state index contributed by atoms with van der Waals surface area (Å²) in [7, 11) is 0. The van der Waals surface area contributed by atoms with E-state index in [1.165, 1.54) is 24.0 Å². The van der Waals surface area contributed by atoms with Crippen LogP contribution in [0.2, 0.25) is 0 Å². The summed E-state index contributed by atoms with van der Waals surface area (Å²) in [5.74, 6) is -2.08. The van der Waals surface area contributed by atoms with Crippen molar-refractivity contribution in [2.24, 2.45) is 11.8 Å². The van der Waals surface area contributed by atoms with Gasteiger partial charge in [0.1, 0.15) is 17.6 Å². The van der Waals surface area contributed by atoms with Gasteiger partial charge in [0.2, 0.25) is 12.2 Å². The third-order valence-corrected chi connectivity index (χ3v) is 9.64.